The lowest BCUT2D eigenvalue weighted by molar-refractivity contribution is -0.116. The predicted molar refractivity (Wildman–Crippen MR) is 58.5 cm³/mol. The number of hydrogen-bond donors (Lipinski definition) is 0. The molecule has 0 saturated carbocycles. The molecule has 0 N–H and O–H groups in total. The molecule has 0 fully saturated rings. The molecule has 0 amide bonds. The van der Waals surface area contributed by atoms with Gasteiger partial charge in [0.15, 0.2) is 0 Å². The van der Waals surface area contributed by atoms with Gasteiger partial charge in [-0.3, -0.25) is 9.78 Å². The topological polar surface area (TPSA) is 30.0 Å². The van der Waals surface area contributed by atoms with Crippen LogP contribution in [0.1, 0.15) is 23.6 Å². The van der Waals surface area contributed by atoms with E-state index in [1.54, 1.807) is 6.92 Å². The summed E-state index contributed by atoms with van der Waals surface area (Å²) >= 11 is 1.94. The first kappa shape index (κ1) is 9.71. The smallest absolute Gasteiger partial charge is 0.134 e. The molecule has 1 aromatic heterocycles. The van der Waals surface area contributed by atoms with Crippen LogP contribution in [0.2, 0.25) is 0 Å². The number of aromatic nitrogens is 1. The van der Waals surface area contributed by atoms with Gasteiger partial charge in [0.25, 0.3) is 0 Å². The van der Waals surface area contributed by atoms with Gasteiger partial charge in [-0.15, -0.1) is 0 Å². The quantitative estimate of drug-likeness (QED) is 0.743. The van der Waals surface area contributed by atoms with Crippen molar-refractivity contribution in [2.24, 2.45) is 0 Å². The van der Waals surface area contributed by atoms with E-state index in [-0.39, 0.29) is 5.78 Å². The average molecular weight is 207 g/mol. The number of carbonyl (C=O) groups excluding carboxylic acids is 1. The molecule has 2 heterocycles. The van der Waals surface area contributed by atoms with Crippen LogP contribution in [0.4, 0.5) is 0 Å². The molecule has 0 spiro atoms. The number of pyridine rings is 1. The van der Waals surface area contributed by atoms with Gasteiger partial charge in [0.1, 0.15) is 5.78 Å². The van der Waals surface area contributed by atoms with E-state index in [1.807, 2.05) is 24.2 Å². The van der Waals surface area contributed by atoms with Crippen molar-refractivity contribution in [3.8, 4) is 0 Å². The molecule has 14 heavy (non-hydrogen) atoms. The number of fused-ring (bicyclic) bond motifs is 1. The molecule has 0 atom stereocenters. The second-order valence-electron chi connectivity index (χ2n) is 3.62. The summed E-state index contributed by atoms with van der Waals surface area (Å²) in [6.07, 6.45) is 5.41. The third-order valence-corrected chi connectivity index (χ3v) is 3.44. The monoisotopic (exact) mass is 207 g/mol. The number of rotatable bonds is 2. The van der Waals surface area contributed by atoms with E-state index < -0.39 is 0 Å². The summed E-state index contributed by atoms with van der Waals surface area (Å²) in [7, 11) is 0. The summed E-state index contributed by atoms with van der Waals surface area (Å²) in [4.78, 5) is 15.3. The number of carbonyl (C=O) groups is 1. The van der Waals surface area contributed by atoms with Gasteiger partial charge in [0.2, 0.25) is 0 Å². The highest BCUT2D eigenvalue weighted by molar-refractivity contribution is 7.98. The van der Waals surface area contributed by atoms with Gasteiger partial charge in [-0.25, -0.2) is 0 Å². The van der Waals surface area contributed by atoms with Crippen molar-refractivity contribution >= 4 is 17.5 Å². The summed E-state index contributed by atoms with van der Waals surface area (Å²) in [6.45, 7) is 1.64. The molecule has 74 valence electrons. The van der Waals surface area contributed by atoms with E-state index in [2.05, 4.69) is 4.98 Å². The fourth-order valence-corrected chi connectivity index (χ4v) is 2.76. The maximum Gasteiger partial charge on any atom is 0.134 e. The highest BCUT2D eigenvalue weighted by atomic mass is 32.2. The van der Waals surface area contributed by atoms with E-state index in [4.69, 9.17) is 0 Å². The fraction of sp³-hybridized carbons (Fsp3) is 0.455. The van der Waals surface area contributed by atoms with Crippen LogP contribution in [0.3, 0.4) is 0 Å². The van der Waals surface area contributed by atoms with Crippen LogP contribution in [0, 0.1) is 0 Å². The van der Waals surface area contributed by atoms with Gasteiger partial charge >= 0.3 is 0 Å². The van der Waals surface area contributed by atoms with Crippen LogP contribution >= 0.6 is 11.8 Å². The van der Waals surface area contributed by atoms with Gasteiger partial charge in [0, 0.05) is 24.6 Å². The Bertz CT molecular complexity index is 362. The molecule has 0 radical (unpaired) electrons. The Labute approximate surface area is 88.1 Å². The Hall–Kier alpha value is -0.830. The Balaban J connectivity index is 2.35. The maximum atomic E-state index is 11.1. The molecule has 3 heteroatoms. The van der Waals surface area contributed by atoms with Crippen LogP contribution in [0.15, 0.2) is 12.4 Å². The molecule has 1 aromatic rings. The first-order valence-electron chi connectivity index (χ1n) is 4.79. The van der Waals surface area contributed by atoms with E-state index in [0.29, 0.717) is 6.42 Å². The number of thioether (sulfide) groups is 1. The largest absolute Gasteiger partial charge is 0.300 e. The van der Waals surface area contributed by atoms with Crippen molar-refractivity contribution in [2.75, 3.05) is 5.75 Å². The van der Waals surface area contributed by atoms with Gasteiger partial charge < -0.3 is 0 Å². The van der Waals surface area contributed by atoms with Crippen molar-refractivity contribution < 1.29 is 4.79 Å². The zero-order valence-electron chi connectivity index (χ0n) is 8.25. The number of hydrogen-bond acceptors (Lipinski definition) is 3. The van der Waals surface area contributed by atoms with E-state index >= 15 is 0 Å². The minimum atomic E-state index is 0.221. The molecule has 0 aromatic carbocycles. The Kier molecular flexibility index (Phi) is 2.87. The van der Waals surface area contributed by atoms with E-state index in [0.717, 1.165) is 17.7 Å². The van der Waals surface area contributed by atoms with Crippen molar-refractivity contribution in [3.63, 3.8) is 0 Å². The first-order valence-corrected chi connectivity index (χ1v) is 5.94. The van der Waals surface area contributed by atoms with Crippen LogP contribution in [0.25, 0.3) is 0 Å². The molecule has 0 unspecified atom stereocenters. The van der Waals surface area contributed by atoms with Crippen LogP contribution in [0.5, 0.6) is 0 Å². The Morgan fingerprint density at radius 2 is 2.43 bits per heavy atom. The van der Waals surface area contributed by atoms with Crippen LogP contribution in [-0.2, 0) is 23.4 Å². The van der Waals surface area contributed by atoms with Crippen molar-refractivity contribution in [2.45, 2.75) is 25.5 Å². The molecule has 1 aliphatic rings. The van der Waals surface area contributed by atoms with Gasteiger partial charge in [0.05, 0.1) is 0 Å². The molecule has 0 saturated heterocycles. The highest BCUT2D eigenvalue weighted by Gasteiger charge is 2.14. The fourth-order valence-electron chi connectivity index (χ4n) is 1.80. The van der Waals surface area contributed by atoms with Crippen molar-refractivity contribution in [1.29, 1.82) is 0 Å². The van der Waals surface area contributed by atoms with E-state index in [9.17, 15) is 4.79 Å². The zero-order chi connectivity index (χ0) is 9.97. The molecule has 0 bridgehead atoms. The lowest BCUT2D eigenvalue weighted by Gasteiger charge is -2.17. The lowest BCUT2D eigenvalue weighted by atomic mass is 9.99. The van der Waals surface area contributed by atoms with Gasteiger partial charge in [-0.05, 0) is 35.8 Å². The number of ketones is 1. The summed E-state index contributed by atoms with van der Waals surface area (Å²) in [6, 6.07) is 0. The summed E-state index contributed by atoms with van der Waals surface area (Å²) < 4.78 is 0. The average Bonchev–Trinajstić information content (AvgIpc) is 2.18. The second-order valence-corrected chi connectivity index (χ2v) is 4.72. The SMILES string of the molecule is CC(=O)Cc1cncc2c1CCSC2. The predicted octanol–water partition coefficient (Wildman–Crippen LogP) is 2.00. The van der Waals surface area contributed by atoms with Crippen LogP contribution < -0.4 is 0 Å². The summed E-state index contributed by atoms with van der Waals surface area (Å²) in [5, 5.41) is 0. The Morgan fingerprint density at radius 1 is 1.57 bits per heavy atom. The minimum absolute atomic E-state index is 0.221. The normalized spacial score (nSPS) is 14.9. The van der Waals surface area contributed by atoms with Gasteiger partial charge in [-0.1, -0.05) is 0 Å². The van der Waals surface area contributed by atoms with Crippen LogP contribution in [-0.4, -0.2) is 16.5 Å². The Morgan fingerprint density at radius 3 is 3.21 bits per heavy atom. The summed E-state index contributed by atoms with van der Waals surface area (Å²) in [5.74, 6) is 2.44. The molecule has 2 nitrogen and oxygen atoms in total. The third-order valence-electron chi connectivity index (χ3n) is 2.43. The second kappa shape index (κ2) is 4.13. The molecular weight excluding hydrogens is 194 g/mol. The molecule has 2 rings (SSSR count). The summed E-state index contributed by atoms with van der Waals surface area (Å²) in [5.41, 5.74) is 3.82. The minimum Gasteiger partial charge on any atom is -0.300 e. The van der Waals surface area contributed by atoms with Gasteiger partial charge in [-0.2, -0.15) is 11.8 Å². The zero-order valence-corrected chi connectivity index (χ0v) is 9.06. The number of nitrogens with zero attached hydrogens (tertiary/aromatic N) is 1. The van der Waals surface area contributed by atoms with Crippen molar-refractivity contribution in [3.05, 3.63) is 29.1 Å². The van der Waals surface area contributed by atoms with E-state index in [1.165, 1.54) is 16.9 Å². The lowest BCUT2D eigenvalue weighted by Crippen LogP contribution is -2.09. The third kappa shape index (κ3) is 1.98. The standard InChI is InChI=1S/C11H13NOS/c1-8(13)4-9-5-12-6-10-7-14-3-2-11(9)10/h5-6H,2-4,7H2,1H3. The molecule has 0 aliphatic carbocycles. The first-order chi connectivity index (χ1) is 6.77. The maximum absolute atomic E-state index is 11.1. The van der Waals surface area contributed by atoms with Crippen molar-refractivity contribution in [1.82, 2.24) is 4.98 Å². The molecular formula is C11H13NOS. The highest BCUT2D eigenvalue weighted by Crippen LogP contribution is 2.26. The number of Topliss-reactive ketones (excluding diaryl/α,β-unsaturated/α-hetero) is 1. The molecule has 1 aliphatic heterocycles.